The zero-order valence-corrected chi connectivity index (χ0v) is 17.1. The van der Waals surface area contributed by atoms with Crippen molar-refractivity contribution in [2.45, 2.75) is 38.5 Å². The van der Waals surface area contributed by atoms with Gasteiger partial charge in [-0.15, -0.1) is 0 Å². The Morgan fingerprint density at radius 3 is 2.57 bits per heavy atom. The van der Waals surface area contributed by atoms with Crippen molar-refractivity contribution in [2.75, 3.05) is 23.9 Å². The highest BCUT2D eigenvalue weighted by Gasteiger charge is 2.27. The van der Waals surface area contributed by atoms with Gasteiger partial charge in [-0.05, 0) is 61.2 Å². The van der Waals surface area contributed by atoms with Crippen LogP contribution in [0.2, 0.25) is 0 Å². The van der Waals surface area contributed by atoms with Gasteiger partial charge in [0.15, 0.2) is 0 Å². The monoisotopic (exact) mass is 406 g/mol. The van der Waals surface area contributed by atoms with E-state index in [2.05, 4.69) is 5.32 Å². The molecule has 1 fully saturated rings. The van der Waals surface area contributed by atoms with E-state index in [1.54, 1.807) is 41.3 Å². The van der Waals surface area contributed by atoms with Crippen LogP contribution in [-0.4, -0.2) is 31.4 Å². The fourth-order valence-corrected chi connectivity index (χ4v) is 4.35. The lowest BCUT2D eigenvalue weighted by atomic mass is 9.88. The molecule has 2 amide bonds. The number of nitrogens with zero attached hydrogens (tertiary/aromatic N) is 1. The van der Waals surface area contributed by atoms with E-state index in [1.165, 1.54) is 13.5 Å². The number of fused-ring (bicyclic) bond motifs is 1. The Morgan fingerprint density at radius 2 is 1.80 bits per heavy atom. The normalized spacial score (nSPS) is 16.1. The molecule has 2 aromatic carbocycles. The third-order valence-electron chi connectivity index (χ3n) is 5.99. The molecule has 1 aliphatic heterocycles. The number of carbonyl (C=O) groups excluding carboxylic acids is 3. The first-order valence-corrected chi connectivity index (χ1v) is 10.5. The van der Waals surface area contributed by atoms with Crippen LogP contribution < -0.4 is 10.2 Å². The van der Waals surface area contributed by atoms with Crippen LogP contribution in [0.5, 0.6) is 0 Å². The topological polar surface area (TPSA) is 75.7 Å². The van der Waals surface area contributed by atoms with Gasteiger partial charge in [0.1, 0.15) is 0 Å². The minimum atomic E-state index is -0.385. The van der Waals surface area contributed by atoms with Crippen LogP contribution in [0.1, 0.15) is 58.4 Å². The molecule has 0 bridgehead atoms. The standard InChI is InChI=1S/C24H26N2O4/c1-30-24(29)19-10-11-21-17(14-19)12-13-26(21)23(28)18-8-5-9-20(15-18)25-22(27)16-6-3-2-4-7-16/h5,8-11,14-16H,2-4,6-7,12-13H2,1H3,(H,25,27). The molecule has 0 unspecified atom stereocenters. The molecule has 156 valence electrons. The predicted octanol–water partition coefficient (Wildman–Crippen LogP) is 4.19. The summed E-state index contributed by atoms with van der Waals surface area (Å²) in [6.07, 6.45) is 5.95. The number of esters is 1. The summed E-state index contributed by atoms with van der Waals surface area (Å²) in [7, 11) is 1.35. The number of rotatable bonds is 4. The van der Waals surface area contributed by atoms with Crippen LogP contribution in [0.4, 0.5) is 11.4 Å². The number of hydrogen-bond acceptors (Lipinski definition) is 4. The van der Waals surface area contributed by atoms with Crippen LogP contribution in [0.25, 0.3) is 0 Å². The van der Waals surface area contributed by atoms with Gasteiger partial charge in [0.05, 0.1) is 12.7 Å². The Kier molecular flexibility index (Phi) is 5.84. The molecule has 6 heteroatoms. The average molecular weight is 406 g/mol. The van der Waals surface area contributed by atoms with Crippen molar-refractivity contribution in [1.29, 1.82) is 0 Å². The zero-order valence-electron chi connectivity index (χ0n) is 17.1. The number of hydrogen-bond donors (Lipinski definition) is 1. The maximum absolute atomic E-state index is 13.1. The van der Waals surface area contributed by atoms with Crippen molar-refractivity contribution in [3.8, 4) is 0 Å². The summed E-state index contributed by atoms with van der Waals surface area (Å²) in [4.78, 5) is 39.2. The molecule has 0 saturated heterocycles. The quantitative estimate of drug-likeness (QED) is 0.773. The first kappa shape index (κ1) is 20.1. The Hall–Kier alpha value is -3.15. The van der Waals surface area contributed by atoms with Gasteiger partial charge in [0.25, 0.3) is 5.91 Å². The fourth-order valence-electron chi connectivity index (χ4n) is 4.35. The second kappa shape index (κ2) is 8.69. The van der Waals surface area contributed by atoms with Crippen molar-refractivity contribution in [3.63, 3.8) is 0 Å². The van der Waals surface area contributed by atoms with Crippen LogP contribution in [-0.2, 0) is 16.0 Å². The minimum absolute atomic E-state index is 0.0427. The maximum Gasteiger partial charge on any atom is 0.337 e. The highest BCUT2D eigenvalue weighted by molar-refractivity contribution is 6.08. The number of anilines is 2. The van der Waals surface area contributed by atoms with Crippen molar-refractivity contribution < 1.29 is 19.1 Å². The molecule has 1 heterocycles. The van der Waals surface area contributed by atoms with Crippen LogP contribution in [0.3, 0.4) is 0 Å². The molecular weight excluding hydrogens is 380 g/mol. The Labute approximate surface area is 176 Å². The molecule has 0 aromatic heterocycles. The van der Waals surface area contributed by atoms with E-state index >= 15 is 0 Å². The Morgan fingerprint density at radius 1 is 1.00 bits per heavy atom. The lowest BCUT2D eigenvalue weighted by molar-refractivity contribution is -0.120. The largest absolute Gasteiger partial charge is 0.465 e. The third kappa shape index (κ3) is 4.08. The van der Waals surface area contributed by atoms with E-state index in [9.17, 15) is 14.4 Å². The summed E-state index contributed by atoms with van der Waals surface area (Å²) in [5.41, 5.74) is 3.42. The number of nitrogens with one attached hydrogen (secondary N) is 1. The van der Waals surface area contributed by atoms with E-state index in [-0.39, 0.29) is 23.7 Å². The summed E-state index contributed by atoms with van der Waals surface area (Å²) in [6.45, 7) is 0.553. The molecule has 1 saturated carbocycles. The molecule has 1 aliphatic carbocycles. The Bertz CT molecular complexity index is 979. The van der Waals surface area contributed by atoms with Crippen molar-refractivity contribution in [2.24, 2.45) is 5.92 Å². The minimum Gasteiger partial charge on any atom is -0.465 e. The van der Waals surface area contributed by atoms with Gasteiger partial charge in [-0.25, -0.2) is 4.79 Å². The molecule has 6 nitrogen and oxygen atoms in total. The van der Waals surface area contributed by atoms with Gasteiger partial charge in [-0.2, -0.15) is 0 Å². The predicted molar refractivity (Wildman–Crippen MR) is 115 cm³/mol. The van der Waals surface area contributed by atoms with Crippen molar-refractivity contribution in [3.05, 3.63) is 59.2 Å². The van der Waals surface area contributed by atoms with Crippen molar-refractivity contribution >= 4 is 29.2 Å². The maximum atomic E-state index is 13.1. The summed E-state index contributed by atoms with van der Waals surface area (Å²) in [5.74, 6) is -0.397. The fraction of sp³-hybridized carbons (Fsp3) is 0.375. The van der Waals surface area contributed by atoms with Crippen LogP contribution >= 0.6 is 0 Å². The van der Waals surface area contributed by atoms with Gasteiger partial charge in [0, 0.05) is 29.4 Å². The Balaban J connectivity index is 1.49. The molecule has 1 N–H and O–H groups in total. The van der Waals surface area contributed by atoms with Gasteiger partial charge in [-0.3, -0.25) is 9.59 Å². The van der Waals surface area contributed by atoms with Gasteiger partial charge in [-0.1, -0.05) is 25.3 Å². The molecule has 2 aromatic rings. The van der Waals surface area contributed by atoms with Gasteiger partial charge in [0.2, 0.25) is 5.91 Å². The smallest absolute Gasteiger partial charge is 0.337 e. The van der Waals surface area contributed by atoms with E-state index < -0.39 is 0 Å². The highest BCUT2D eigenvalue weighted by Crippen LogP contribution is 2.31. The summed E-state index contributed by atoms with van der Waals surface area (Å²) in [5, 5.41) is 2.98. The second-order valence-electron chi connectivity index (χ2n) is 7.95. The van der Waals surface area contributed by atoms with Crippen LogP contribution in [0, 0.1) is 5.92 Å². The van der Waals surface area contributed by atoms with E-state index in [1.807, 2.05) is 6.07 Å². The summed E-state index contributed by atoms with van der Waals surface area (Å²) in [6, 6.07) is 12.4. The molecule has 0 atom stereocenters. The summed E-state index contributed by atoms with van der Waals surface area (Å²) >= 11 is 0. The molecule has 30 heavy (non-hydrogen) atoms. The number of ether oxygens (including phenoxy) is 1. The first-order valence-electron chi connectivity index (χ1n) is 10.5. The third-order valence-corrected chi connectivity index (χ3v) is 5.99. The van der Waals surface area contributed by atoms with E-state index in [0.717, 1.165) is 36.9 Å². The van der Waals surface area contributed by atoms with E-state index in [0.29, 0.717) is 29.8 Å². The van der Waals surface area contributed by atoms with Crippen molar-refractivity contribution in [1.82, 2.24) is 0 Å². The summed E-state index contributed by atoms with van der Waals surface area (Å²) < 4.78 is 4.77. The SMILES string of the molecule is COC(=O)c1ccc2c(c1)CCN2C(=O)c1cccc(NC(=O)C2CCCCC2)c1. The number of benzene rings is 2. The molecule has 2 aliphatic rings. The van der Waals surface area contributed by atoms with Gasteiger partial charge < -0.3 is 15.0 Å². The molecule has 0 spiro atoms. The second-order valence-corrected chi connectivity index (χ2v) is 7.95. The van der Waals surface area contributed by atoms with Crippen LogP contribution in [0.15, 0.2) is 42.5 Å². The molecule has 4 rings (SSSR count). The number of methoxy groups -OCH3 is 1. The highest BCUT2D eigenvalue weighted by atomic mass is 16.5. The lowest BCUT2D eigenvalue weighted by Gasteiger charge is -2.21. The van der Waals surface area contributed by atoms with E-state index in [4.69, 9.17) is 4.74 Å². The number of carbonyl (C=O) groups is 3. The lowest BCUT2D eigenvalue weighted by Crippen LogP contribution is -2.29. The number of amides is 2. The first-order chi connectivity index (χ1) is 14.6. The van der Waals surface area contributed by atoms with Gasteiger partial charge >= 0.3 is 5.97 Å². The molecule has 0 radical (unpaired) electrons. The zero-order chi connectivity index (χ0) is 21.1. The molecular formula is C24H26N2O4. The average Bonchev–Trinajstić information content (AvgIpc) is 3.22.